The van der Waals surface area contributed by atoms with Crippen LogP contribution in [0.5, 0.6) is 0 Å². The predicted molar refractivity (Wildman–Crippen MR) is 68.6 cm³/mol. The molecule has 4 nitrogen and oxygen atoms in total. The van der Waals surface area contributed by atoms with Crippen molar-refractivity contribution in [1.82, 2.24) is 9.97 Å². The predicted octanol–water partition coefficient (Wildman–Crippen LogP) is 3.16. The van der Waals surface area contributed by atoms with Gasteiger partial charge in [-0.25, -0.2) is 9.97 Å². The van der Waals surface area contributed by atoms with Crippen LogP contribution in [0.3, 0.4) is 0 Å². The van der Waals surface area contributed by atoms with Gasteiger partial charge in [0, 0.05) is 19.3 Å². The van der Waals surface area contributed by atoms with Gasteiger partial charge >= 0.3 is 0 Å². The van der Waals surface area contributed by atoms with Crippen molar-refractivity contribution in [2.24, 2.45) is 0 Å². The van der Waals surface area contributed by atoms with E-state index in [1.54, 1.807) is 6.20 Å². The van der Waals surface area contributed by atoms with Gasteiger partial charge < -0.3 is 10.1 Å². The smallest absolute Gasteiger partial charge is 0.159 e. The fraction of sp³-hybridized carbons (Fsp3) is 0.636. The Hall–Kier alpha value is -0.680. The highest BCUT2D eigenvalue weighted by Crippen LogP contribution is 2.23. The molecule has 0 aliphatic heterocycles. The lowest BCUT2D eigenvalue weighted by Crippen LogP contribution is -2.10. The molecular formula is C11H18BrN3O. The first-order valence-electron chi connectivity index (χ1n) is 5.60. The molecule has 0 saturated heterocycles. The molecule has 1 heterocycles. The number of anilines is 1. The molecule has 0 saturated carbocycles. The van der Waals surface area contributed by atoms with Crippen LogP contribution >= 0.6 is 15.9 Å². The van der Waals surface area contributed by atoms with E-state index in [4.69, 9.17) is 4.74 Å². The summed E-state index contributed by atoms with van der Waals surface area (Å²) >= 11 is 3.41. The van der Waals surface area contributed by atoms with E-state index in [1.165, 1.54) is 0 Å². The van der Waals surface area contributed by atoms with Crippen LogP contribution in [0.2, 0.25) is 0 Å². The summed E-state index contributed by atoms with van der Waals surface area (Å²) in [5, 5.41) is 3.18. The van der Waals surface area contributed by atoms with Gasteiger partial charge in [0.1, 0.15) is 11.9 Å². The van der Waals surface area contributed by atoms with E-state index < -0.39 is 0 Å². The normalized spacial score (nSPS) is 12.5. The number of halogens is 1. The third kappa shape index (κ3) is 3.42. The van der Waals surface area contributed by atoms with Gasteiger partial charge in [-0.3, -0.25) is 0 Å². The maximum Gasteiger partial charge on any atom is 0.159 e. The molecule has 0 spiro atoms. The number of nitrogens with zero attached hydrogens (tertiary/aromatic N) is 2. The van der Waals surface area contributed by atoms with Crippen molar-refractivity contribution in [3.63, 3.8) is 0 Å². The fourth-order valence-electron chi connectivity index (χ4n) is 1.40. The van der Waals surface area contributed by atoms with Crippen molar-refractivity contribution < 1.29 is 4.74 Å². The van der Waals surface area contributed by atoms with E-state index in [9.17, 15) is 0 Å². The van der Waals surface area contributed by atoms with Crippen LogP contribution in [-0.4, -0.2) is 23.1 Å². The summed E-state index contributed by atoms with van der Waals surface area (Å²) in [5.41, 5.74) is 0. The molecule has 0 amide bonds. The van der Waals surface area contributed by atoms with Crippen LogP contribution in [-0.2, 0) is 4.74 Å². The molecule has 0 radical (unpaired) electrons. The molecule has 1 rings (SSSR count). The summed E-state index contributed by atoms with van der Waals surface area (Å²) in [7, 11) is 0. The third-order valence-corrected chi connectivity index (χ3v) is 2.71. The minimum Gasteiger partial charge on any atom is -0.371 e. The highest BCUT2D eigenvalue weighted by atomic mass is 79.9. The Morgan fingerprint density at radius 3 is 2.75 bits per heavy atom. The first-order valence-corrected chi connectivity index (χ1v) is 6.40. The minimum absolute atomic E-state index is 0.0180. The molecule has 5 heteroatoms. The van der Waals surface area contributed by atoms with Crippen molar-refractivity contribution in [2.45, 2.75) is 33.3 Å². The quantitative estimate of drug-likeness (QED) is 0.873. The molecule has 16 heavy (non-hydrogen) atoms. The lowest BCUT2D eigenvalue weighted by Gasteiger charge is -2.15. The molecule has 1 unspecified atom stereocenters. The van der Waals surface area contributed by atoms with Gasteiger partial charge in [0.15, 0.2) is 5.82 Å². The summed E-state index contributed by atoms with van der Waals surface area (Å²) in [5.74, 6) is 1.56. The largest absolute Gasteiger partial charge is 0.371 e. The number of aromatic nitrogens is 2. The lowest BCUT2D eigenvalue weighted by atomic mass is 10.2. The molecule has 1 aromatic rings. The summed E-state index contributed by atoms with van der Waals surface area (Å²) < 4.78 is 6.46. The molecule has 0 aliphatic carbocycles. The molecule has 0 fully saturated rings. The number of ether oxygens (including phenoxy) is 1. The summed E-state index contributed by atoms with van der Waals surface area (Å²) in [6, 6.07) is 0. The standard InChI is InChI=1S/C11H18BrN3O/c1-4-9(16-6-3)11-14-7-8(12)10(15-11)13-5-2/h7,9H,4-6H2,1-3H3,(H,13,14,15). The Labute approximate surface area is 105 Å². The Morgan fingerprint density at radius 1 is 1.44 bits per heavy atom. The van der Waals surface area contributed by atoms with Crippen LogP contribution in [0, 0.1) is 0 Å². The SMILES string of the molecule is CCNc1nc(C(CC)OCC)ncc1Br. The van der Waals surface area contributed by atoms with Crippen molar-refractivity contribution in [2.75, 3.05) is 18.5 Å². The Balaban J connectivity index is 2.91. The van der Waals surface area contributed by atoms with E-state index in [-0.39, 0.29) is 6.10 Å². The topological polar surface area (TPSA) is 47.0 Å². The maximum atomic E-state index is 5.58. The Bertz CT molecular complexity index is 333. The van der Waals surface area contributed by atoms with Crippen molar-refractivity contribution in [1.29, 1.82) is 0 Å². The number of hydrogen-bond acceptors (Lipinski definition) is 4. The van der Waals surface area contributed by atoms with E-state index in [1.807, 2.05) is 13.8 Å². The average molecular weight is 288 g/mol. The summed E-state index contributed by atoms with van der Waals surface area (Å²) in [6.45, 7) is 7.59. The van der Waals surface area contributed by atoms with Gasteiger partial charge in [0.25, 0.3) is 0 Å². The highest BCUT2D eigenvalue weighted by Gasteiger charge is 2.14. The first-order chi connectivity index (χ1) is 7.72. The zero-order valence-electron chi connectivity index (χ0n) is 9.96. The Morgan fingerprint density at radius 2 is 2.19 bits per heavy atom. The van der Waals surface area contributed by atoms with Crippen LogP contribution < -0.4 is 5.32 Å². The second-order valence-corrected chi connectivity index (χ2v) is 4.16. The van der Waals surface area contributed by atoms with Crippen molar-refractivity contribution >= 4 is 21.7 Å². The van der Waals surface area contributed by atoms with E-state index >= 15 is 0 Å². The van der Waals surface area contributed by atoms with Gasteiger partial charge in [0.05, 0.1) is 4.47 Å². The molecule has 1 N–H and O–H groups in total. The van der Waals surface area contributed by atoms with Gasteiger partial charge in [-0.1, -0.05) is 6.92 Å². The monoisotopic (exact) mass is 287 g/mol. The molecule has 0 aromatic carbocycles. The van der Waals surface area contributed by atoms with Crippen molar-refractivity contribution in [3.8, 4) is 0 Å². The first kappa shape index (κ1) is 13.4. The van der Waals surface area contributed by atoms with E-state index in [0.717, 1.165) is 29.1 Å². The van der Waals surface area contributed by atoms with Gasteiger partial charge in [-0.2, -0.15) is 0 Å². The molecule has 90 valence electrons. The van der Waals surface area contributed by atoms with Crippen LogP contribution in [0.15, 0.2) is 10.7 Å². The van der Waals surface area contributed by atoms with Crippen LogP contribution in [0.4, 0.5) is 5.82 Å². The molecular weight excluding hydrogens is 270 g/mol. The Kier molecular flexibility index (Phi) is 5.69. The average Bonchev–Trinajstić information content (AvgIpc) is 2.29. The number of nitrogens with one attached hydrogen (secondary N) is 1. The molecule has 0 aliphatic rings. The van der Waals surface area contributed by atoms with Gasteiger partial charge in [-0.15, -0.1) is 0 Å². The second kappa shape index (κ2) is 6.81. The number of hydrogen-bond donors (Lipinski definition) is 1. The highest BCUT2D eigenvalue weighted by molar-refractivity contribution is 9.10. The van der Waals surface area contributed by atoms with Crippen LogP contribution in [0.25, 0.3) is 0 Å². The minimum atomic E-state index is -0.0180. The van der Waals surface area contributed by atoms with Gasteiger partial charge in [0.2, 0.25) is 0 Å². The zero-order valence-corrected chi connectivity index (χ0v) is 11.5. The maximum absolute atomic E-state index is 5.58. The second-order valence-electron chi connectivity index (χ2n) is 3.31. The van der Waals surface area contributed by atoms with Crippen LogP contribution in [0.1, 0.15) is 39.1 Å². The molecule has 1 aromatic heterocycles. The lowest BCUT2D eigenvalue weighted by molar-refractivity contribution is 0.0535. The number of rotatable bonds is 6. The fourth-order valence-corrected chi connectivity index (χ4v) is 1.73. The van der Waals surface area contributed by atoms with E-state index in [0.29, 0.717) is 6.61 Å². The van der Waals surface area contributed by atoms with Crippen molar-refractivity contribution in [3.05, 3.63) is 16.5 Å². The van der Waals surface area contributed by atoms with Gasteiger partial charge in [-0.05, 0) is 36.2 Å². The summed E-state index contributed by atoms with van der Waals surface area (Å²) in [4.78, 5) is 8.75. The zero-order chi connectivity index (χ0) is 12.0. The molecule has 0 bridgehead atoms. The summed E-state index contributed by atoms with van der Waals surface area (Å²) in [6.07, 6.45) is 2.62. The molecule has 1 atom stereocenters. The third-order valence-electron chi connectivity index (χ3n) is 2.13. The van der Waals surface area contributed by atoms with E-state index in [2.05, 4.69) is 38.1 Å².